The third-order valence-electron chi connectivity index (χ3n) is 4.43. The Bertz CT molecular complexity index is 1730. The summed E-state index contributed by atoms with van der Waals surface area (Å²) in [6.07, 6.45) is -5.62. The molecule has 1 aromatic carbocycles. The second kappa shape index (κ2) is 7.05. The van der Waals surface area contributed by atoms with Crippen LogP contribution >= 0.6 is 0 Å². The van der Waals surface area contributed by atoms with Gasteiger partial charge in [0.1, 0.15) is 5.58 Å². The number of benzene rings is 1. The highest BCUT2D eigenvalue weighted by Crippen LogP contribution is 2.36. The molecule has 0 unspecified atom stereocenters. The van der Waals surface area contributed by atoms with E-state index in [1.54, 1.807) is 6.07 Å². The second-order valence-corrected chi connectivity index (χ2v) is 6.28. The molecule has 0 aliphatic carbocycles. The van der Waals surface area contributed by atoms with Crippen molar-refractivity contribution in [1.82, 2.24) is 9.97 Å². The standard InChI is InChI=1S/C25H28N2O/c1-6-16(7-2)17-13-14-26-21(15-17)20-10-8-9-18-19-11-12-22(25(3,4)5)27-24(19)28-23(18)20/h8-16H,6-7H2,1-5H3/i1D3,2D3,3D3,4D3,5D3,6D2,7D2. The van der Waals surface area contributed by atoms with E-state index in [2.05, 4.69) is 9.97 Å². The topological polar surface area (TPSA) is 38.9 Å². The van der Waals surface area contributed by atoms with E-state index in [1.807, 2.05) is 0 Å². The molecule has 0 amide bonds. The summed E-state index contributed by atoms with van der Waals surface area (Å²) in [4.78, 5) is 8.32. The minimum atomic E-state index is -3.57. The van der Waals surface area contributed by atoms with Crippen LogP contribution in [0, 0.1) is 0 Å². The molecule has 0 fully saturated rings. The van der Waals surface area contributed by atoms with Crippen molar-refractivity contribution in [3.05, 3.63) is 59.9 Å². The van der Waals surface area contributed by atoms with Crippen LogP contribution in [0.3, 0.4) is 0 Å². The van der Waals surface area contributed by atoms with E-state index in [0.29, 0.717) is 5.39 Å². The number of aromatic nitrogens is 2. The van der Waals surface area contributed by atoms with Gasteiger partial charge in [-0.05, 0) is 54.6 Å². The monoisotopic (exact) mass is 391 g/mol. The molecule has 0 atom stereocenters. The van der Waals surface area contributed by atoms with Crippen LogP contribution in [-0.2, 0) is 5.41 Å². The first-order chi connectivity index (χ1) is 21.0. The minimum Gasteiger partial charge on any atom is -0.437 e. The second-order valence-electron chi connectivity index (χ2n) is 6.28. The summed E-state index contributed by atoms with van der Waals surface area (Å²) >= 11 is 0. The van der Waals surface area contributed by atoms with Crippen molar-refractivity contribution in [2.75, 3.05) is 0 Å². The SMILES string of the molecule is [2H]C([2H])([2H])C([2H])([2H])C(c1ccnc(-c2cccc3c2oc2nc(C(C([2H])([2H])[2H])(C([2H])([2H])[2H])C([2H])([2H])[2H])ccc23)c1)C([2H])([2H])C([2H])([2H])[2H]. The van der Waals surface area contributed by atoms with Crippen LogP contribution in [0.1, 0.15) is 90.2 Å². The number of furan rings is 1. The Morgan fingerprint density at radius 2 is 1.93 bits per heavy atom. The molecule has 0 N–H and O–H groups in total. The van der Waals surface area contributed by atoms with Crippen LogP contribution in [0.5, 0.6) is 0 Å². The maximum atomic E-state index is 8.34. The maximum Gasteiger partial charge on any atom is 0.227 e. The molecule has 0 aliphatic heterocycles. The lowest BCUT2D eigenvalue weighted by atomic mass is 9.91. The molecule has 0 radical (unpaired) electrons. The molecule has 0 saturated heterocycles. The number of hydrogen-bond donors (Lipinski definition) is 0. The van der Waals surface area contributed by atoms with Crippen molar-refractivity contribution in [3.63, 3.8) is 0 Å². The van der Waals surface area contributed by atoms with Gasteiger partial charge in [0, 0.05) is 59.7 Å². The molecule has 3 nitrogen and oxygen atoms in total. The summed E-state index contributed by atoms with van der Waals surface area (Å²) in [6.45, 7) is -17.6. The van der Waals surface area contributed by atoms with E-state index in [9.17, 15) is 0 Å². The van der Waals surface area contributed by atoms with E-state index >= 15 is 0 Å². The molecule has 3 aromatic heterocycles. The molecule has 3 heterocycles. The first-order valence-corrected chi connectivity index (χ1v) is 8.31. The van der Waals surface area contributed by atoms with Crippen molar-refractivity contribution in [2.45, 2.75) is 58.3 Å². The smallest absolute Gasteiger partial charge is 0.227 e. The third-order valence-corrected chi connectivity index (χ3v) is 4.43. The Balaban J connectivity index is 1.99. The van der Waals surface area contributed by atoms with Gasteiger partial charge >= 0.3 is 0 Å². The molecule has 4 rings (SSSR count). The van der Waals surface area contributed by atoms with Crippen LogP contribution in [-0.4, -0.2) is 9.97 Å². The molecule has 144 valence electrons. The summed E-state index contributed by atoms with van der Waals surface area (Å²) in [6, 6.07) is 9.05. The average Bonchev–Trinajstić information content (AvgIpc) is 3.23. The summed E-state index contributed by atoms with van der Waals surface area (Å²) in [5, 5.41) is 0.561. The zero-order valence-corrected chi connectivity index (χ0v) is 14.5. The van der Waals surface area contributed by atoms with Crippen LogP contribution < -0.4 is 0 Å². The molecule has 0 aliphatic rings. The van der Waals surface area contributed by atoms with Crippen molar-refractivity contribution < 1.29 is 30.5 Å². The fraction of sp³-hybridized carbons (Fsp3) is 0.360. The van der Waals surface area contributed by atoms with Crippen LogP contribution in [0.25, 0.3) is 33.3 Å². The lowest BCUT2D eigenvalue weighted by Crippen LogP contribution is -2.12. The highest BCUT2D eigenvalue weighted by molar-refractivity contribution is 6.08. The van der Waals surface area contributed by atoms with Gasteiger partial charge < -0.3 is 4.42 Å². The Morgan fingerprint density at radius 1 is 1.07 bits per heavy atom. The van der Waals surface area contributed by atoms with E-state index in [4.69, 9.17) is 30.5 Å². The lowest BCUT2D eigenvalue weighted by molar-refractivity contribution is 0.562. The van der Waals surface area contributed by atoms with Crippen LogP contribution in [0.15, 0.2) is 53.1 Å². The predicted octanol–water partition coefficient (Wildman–Crippen LogP) is 7.24. The van der Waals surface area contributed by atoms with Crippen molar-refractivity contribution in [3.8, 4) is 11.3 Å². The van der Waals surface area contributed by atoms with Gasteiger partial charge in [0.25, 0.3) is 0 Å². The quantitative estimate of drug-likeness (QED) is 0.368. The van der Waals surface area contributed by atoms with Gasteiger partial charge in [0.15, 0.2) is 0 Å². The fourth-order valence-corrected chi connectivity index (χ4v) is 3.07. The summed E-state index contributed by atoms with van der Waals surface area (Å²) < 4.78 is 157. The van der Waals surface area contributed by atoms with Crippen LogP contribution in [0.2, 0.25) is 0 Å². The van der Waals surface area contributed by atoms with Crippen molar-refractivity contribution >= 4 is 22.1 Å². The van der Waals surface area contributed by atoms with Crippen molar-refractivity contribution in [2.24, 2.45) is 0 Å². The molecule has 0 spiro atoms. The number of fused-ring (bicyclic) bond motifs is 3. The van der Waals surface area contributed by atoms with E-state index in [1.165, 1.54) is 18.2 Å². The Morgan fingerprint density at radius 3 is 2.71 bits per heavy atom. The molecule has 0 bridgehead atoms. The van der Waals surface area contributed by atoms with E-state index in [0.717, 1.165) is 24.4 Å². The van der Waals surface area contributed by atoms with Crippen molar-refractivity contribution in [1.29, 1.82) is 0 Å². The fourth-order valence-electron chi connectivity index (χ4n) is 3.07. The summed E-state index contributed by atoms with van der Waals surface area (Å²) in [7, 11) is 0. The molecule has 0 saturated carbocycles. The van der Waals surface area contributed by atoms with Gasteiger partial charge in [-0.1, -0.05) is 46.4 Å². The highest BCUT2D eigenvalue weighted by atomic mass is 16.3. The molecule has 3 heteroatoms. The minimum absolute atomic E-state index is 0.0215. The van der Waals surface area contributed by atoms with Gasteiger partial charge in [-0.25, -0.2) is 4.98 Å². The normalized spacial score (nSPS) is 25.7. The Kier molecular flexibility index (Phi) is 1.68. The Hall–Kier alpha value is -2.68. The summed E-state index contributed by atoms with van der Waals surface area (Å²) in [5.74, 6) is -2.33. The number of rotatable bonds is 4. The zero-order valence-electron chi connectivity index (χ0n) is 33.5. The Labute approximate surface area is 193 Å². The molecular formula is C25H28N2O. The largest absolute Gasteiger partial charge is 0.437 e. The zero-order chi connectivity index (χ0) is 36.0. The molecule has 28 heavy (non-hydrogen) atoms. The van der Waals surface area contributed by atoms with Crippen LogP contribution in [0.4, 0.5) is 0 Å². The van der Waals surface area contributed by atoms with Gasteiger partial charge in [0.2, 0.25) is 5.71 Å². The number of pyridine rings is 2. The number of para-hydroxylation sites is 1. The maximum absolute atomic E-state index is 8.34. The number of hydrogen-bond acceptors (Lipinski definition) is 3. The lowest BCUT2D eigenvalue weighted by Gasteiger charge is -2.16. The highest BCUT2D eigenvalue weighted by Gasteiger charge is 2.19. The molecular weight excluding hydrogens is 344 g/mol. The van der Waals surface area contributed by atoms with Gasteiger partial charge in [-0.3, -0.25) is 4.98 Å². The predicted molar refractivity (Wildman–Crippen MR) is 117 cm³/mol. The number of nitrogens with zero attached hydrogens (tertiary/aromatic N) is 2. The van der Waals surface area contributed by atoms with Gasteiger partial charge in [0.05, 0.1) is 5.69 Å². The average molecular weight is 392 g/mol. The first-order valence-electron chi connectivity index (χ1n) is 17.8. The first kappa shape index (κ1) is 6.69. The van der Waals surface area contributed by atoms with E-state index in [-0.39, 0.29) is 33.5 Å². The van der Waals surface area contributed by atoms with Gasteiger partial charge in [-0.2, -0.15) is 0 Å². The van der Waals surface area contributed by atoms with E-state index < -0.39 is 64.0 Å². The summed E-state index contributed by atoms with van der Waals surface area (Å²) in [5.41, 5.74) is -4.68. The molecule has 4 aromatic rings. The van der Waals surface area contributed by atoms with Gasteiger partial charge in [-0.15, -0.1) is 0 Å². The third kappa shape index (κ3) is 3.19.